The van der Waals surface area contributed by atoms with Crippen LogP contribution in [-0.4, -0.2) is 4.57 Å². The topological polar surface area (TPSA) is 20.2 Å². The summed E-state index contributed by atoms with van der Waals surface area (Å²) in [5.74, 6) is 0. The zero-order valence-corrected chi connectivity index (χ0v) is 34.5. The van der Waals surface area contributed by atoms with Gasteiger partial charge in [0.25, 0.3) is 0 Å². The van der Waals surface area contributed by atoms with Crippen LogP contribution in [0.25, 0.3) is 66.1 Å². The SMILES string of the molecule is CC12CC(c3ccc(Nc4ccccc4)c(-c4ccccc4)c3)=CC=C1N(c1ccc(-c3ccccc3)cc1)c1cc3c(cc12)c1ccccc1n3-c1ccc2ccccc2c1. The molecular weight excluding hydrogens is 751 g/mol. The highest BCUT2D eigenvalue weighted by atomic mass is 15.2. The van der Waals surface area contributed by atoms with Gasteiger partial charge in [0.15, 0.2) is 0 Å². The van der Waals surface area contributed by atoms with Gasteiger partial charge in [0, 0.05) is 50.2 Å². The van der Waals surface area contributed by atoms with Crippen molar-refractivity contribution < 1.29 is 0 Å². The summed E-state index contributed by atoms with van der Waals surface area (Å²) in [6.07, 6.45) is 5.62. The molecule has 62 heavy (non-hydrogen) atoms. The minimum atomic E-state index is -0.300. The number of anilines is 4. The van der Waals surface area contributed by atoms with Crippen LogP contribution in [0.5, 0.6) is 0 Å². The monoisotopic (exact) mass is 793 g/mol. The molecule has 1 aliphatic heterocycles. The Morgan fingerprint density at radius 1 is 0.468 bits per heavy atom. The first-order chi connectivity index (χ1) is 30.6. The highest BCUT2D eigenvalue weighted by Gasteiger charge is 2.46. The Hall–Kier alpha value is -7.88. The van der Waals surface area contributed by atoms with Crippen LogP contribution in [0.1, 0.15) is 24.5 Å². The van der Waals surface area contributed by atoms with E-state index in [1.165, 1.54) is 82.9 Å². The number of nitrogens with zero attached hydrogens (tertiary/aromatic N) is 2. The summed E-state index contributed by atoms with van der Waals surface area (Å²) in [6, 6.07) is 77.3. The van der Waals surface area contributed by atoms with E-state index in [-0.39, 0.29) is 5.41 Å². The fraction of sp³-hybridized carbons (Fsp3) is 0.0508. The summed E-state index contributed by atoms with van der Waals surface area (Å²) in [7, 11) is 0. The minimum absolute atomic E-state index is 0.300. The zero-order valence-electron chi connectivity index (χ0n) is 34.5. The van der Waals surface area contributed by atoms with Crippen LogP contribution < -0.4 is 10.2 Å². The number of rotatable bonds is 7. The van der Waals surface area contributed by atoms with Crippen molar-refractivity contribution in [1.82, 2.24) is 4.57 Å². The summed E-state index contributed by atoms with van der Waals surface area (Å²) in [4.78, 5) is 2.53. The van der Waals surface area contributed by atoms with Crippen molar-refractivity contribution >= 4 is 60.9 Å². The third-order valence-corrected chi connectivity index (χ3v) is 13.2. The quantitative estimate of drug-likeness (QED) is 0.173. The Bertz CT molecular complexity index is 3400. The van der Waals surface area contributed by atoms with Crippen LogP contribution in [0.4, 0.5) is 22.7 Å². The zero-order chi connectivity index (χ0) is 41.2. The predicted octanol–water partition coefficient (Wildman–Crippen LogP) is 15.8. The van der Waals surface area contributed by atoms with Crippen molar-refractivity contribution in [2.45, 2.75) is 18.8 Å². The number of aromatic nitrogens is 1. The molecule has 0 radical (unpaired) electrons. The highest BCUT2D eigenvalue weighted by Crippen LogP contribution is 2.58. The minimum Gasteiger partial charge on any atom is -0.355 e. The molecule has 0 saturated heterocycles. The molecule has 2 aliphatic rings. The van der Waals surface area contributed by atoms with E-state index in [1.807, 2.05) is 0 Å². The fourth-order valence-electron chi connectivity index (χ4n) is 10.1. The van der Waals surface area contributed by atoms with Crippen LogP contribution in [0, 0.1) is 0 Å². The van der Waals surface area contributed by atoms with E-state index in [2.05, 4.69) is 246 Å². The summed E-state index contributed by atoms with van der Waals surface area (Å²) >= 11 is 0. The third-order valence-electron chi connectivity index (χ3n) is 13.2. The summed E-state index contributed by atoms with van der Waals surface area (Å²) in [6.45, 7) is 2.46. The standard InChI is InChI=1S/C59H43N3/c1-59-39-46(45-28-33-54(60-47-21-9-4-10-22-47)51(36-45)43-18-7-3-8-19-43)29-34-58(59)62(48-30-25-42(26-31-48)40-15-5-2-6-16-40)57-38-56-52(37-53(57)59)50-23-13-14-24-55(50)61(56)49-32-27-41-17-11-12-20-44(41)35-49/h2-38,60H,39H2,1H3. The maximum absolute atomic E-state index is 3.71. The van der Waals surface area contributed by atoms with Crippen molar-refractivity contribution in [2.75, 3.05) is 10.2 Å². The fourth-order valence-corrected chi connectivity index (χ4v) is 10.1. The molecule has 0 saturated carbocycles. The summed E-state index contributed by atoms with van der Waals surface area (Å²) in [5, 5.41) is 8.72. The lowest BCUT2D eigenvalue weighted by molar-refractivity contribution is 0.586. The average molecular weight is 794 g/mol. The molecule has 9 aromatic carbocycles. The molecular formula is C59H43N3. The van der Waals surface area contributed by atoms with Gasteiger partial charge in [0.1, 0.15) is 0 Å². The molecule has 2 heterocycles. The van der Waals surface area contributed by atoms with Gasteiger partial charge in [0.05, 0.1) is 16.7 Å². The molecule has 10 aromatic rings. The highest BCUT2D eigenvalue weighted by molar-refractivity contribution is 6.12. The second-order valence-electron chi connectivity index (χ2n) is 16.9. The molecule has 0 bridgehead atoms. The predicted molar refractivity (Wildman–Crippen MR) is 262 cm³/mol. The molecule has 0 spiro atoms. The lowest BCUT2D eigenvalue weighted by atomic mass is 9.72. The molecule has 1 aromatic heterocycles. The van der Waals surface area contributed by atoms with Crippen LogP contribution in [0.15, 0.2) is 230 Å². The van der Waals surface area contributed by atoms with Gasteiger partial charge in [-0.25, -0.2) is 0 Å². The van der Waals surface area contributed by atoms with Crippen LogP contribution in [0.3, 0.4) is 0 Å². The van der Waals surface area contributed by atoms with Gasteiger partial charge in [-0.05, 0) is 130 Å². The number of para-hydroxylation sites is 2. The number of hydrogen-bond acceptors (Lipinski definition) is 2. The molecule has 3 nitrogen and oxygen atoms in total. The smallest absolute Gasteiger partial charge is 0.0562 e. The van der Waals surface area contributed by atoms with E-state index >= 15 is 0 Å². The number of nitrogens with one attached hydrogen (secondary N) is 1. The largest absolute Gasteiger partial charge is 0.355 e. The van der Waals surface area contributed by atoms with Crippen LogP contribution in [-0.2, 0) is 5.41 Å². The van der Waals surface area contributed by atoms with Crippen LogP contribution in [0.2, 0.25) is 0 Å². The number of benzene rings is 9. The number of fused-ring (bicyclic) bond motifs is 7. The van der Waals surface area contributed by atoms with Gasteiger partial charge in [0.2, 0.25) is 0 Å². The van der Waals surface area contributed by atoms with E-state index < -0.39 is 0 Å². The van der Waals surface area contributed by atoms with E-state index in [0.717, 1.165) is 29.2 Å². The third kappa shape index (κ3) is 5.89. The van der Waals surface area contributed by atoms with Crippen molar-refractivity contribution in [1.29, 1.82) is 0 Å². The normalized spacial score (nSPS) is 15.7. The van der Waals surface area contributed by atoms with Crippen LogP contribution >= 0.6 is 0 Å². The van der Waals surface area contributed by atoms with Gasteiger partial charge in [-0.2, -0.15) is 0 Å². The van der Waals surface area contributed by atoms with E-state index in [4.69, 9.17) is 0 Å². The first-order valence-corrected chi connectivity index (χ1v) is 21.5. The Balaban J connectivity index is 1.04. The Labute approximate surface area is 362 Å². The number of allylic oxidation sites excluding steroid dienone is 4. The Morgan fingerprint density at radius 3 is 1.90 bits per heavy atom. The molecule has 3 heteroatoms. The molecule has 294 valence electrons. The summed E-state index contributed by atoms with van der Waals surface area (Å²) in [5.41, 5.74) is 17.8. The van der Waals surface area contributed by atoms with Crippen molar-refractivity contribution in [3.05, 3.63) is 241 Å². The van der Waals surface area contributed by atoms with E-state index in [0.29, 0.717) is 0 Å². The van der Waals surface area contributed by atoms with Crippen molar-refractivity contribution in [3.8, 4) is 27.9 Å². The molecule has 1 aliphatic carbocycles. The second-order valence-corrected chi connectivity index (χ2v) is 16.9. The van der Waals surface area contributed by atoms with Gasteiger partial charge >= 0.3 is 0 Å². The number of hydrogen-bond donors (Lipinski definition) is 1. The maximum atomic E-state index is 3.71. The Morgan fingerprint density at radius 2 is 1.11 bits per heavy atom. The lowest BCUT2D eigenvalue weighted by Gasteiger charge is -2.34. The van der Waals surface area contributed by atoms with E-state index in [1.54, 1.807) is 0 Å². The Kier molecular flexibility index (Phi) is 8.36. The molecule has 1 atom stereocenters. The second kappa shape index (κ2) is 14.4. The first-order valence-electron chi connectivity index (χ1n) is 21.5. The molecule has 0 fully saturated rings. The van der Waals surface area contributed by atoms with Gasteiger partial charge < -0.3 is 14.8 Å². The lowest BCUT2D eigenvalue weighted by Crippen LogP contribution is -2.28. The molecule has 1 N–H and O–H groups in total. The van der Waals surface area contributed by atoms with Crippen molar-refractivity contribution in [2.24, 2.45) is 0 Å². The van der Waals surface area contributed by atoms with Gasteiger partial charge in [-0.15, -0.1) is 0 Å². The van der Waals surface area contributed by atoms with Gasteiger partial charge in [-0.1, -0.05) is 152 Å². The summed E-state index contributed by atoms with van der Waals surface area (Å²) < 4.78 is 2.46. The first kappa shape index (κ1) is 36.0. The van der Waals surface area contributed by atoms with E-state index in [9.17, 15) is 0 Å². The average Bonchev–Trinajstić information content (AvgIpc) is 3.79. The van der Waals surface area contributed by atoms with Crippen molar-refractivity contribution in [3.63, 3.8) is 0 Å². The molecule has 1 unspecified atom stereocenters. The molecule has 12 rings (SSSR count). The molecule has 0 amide bonds. The van der Waals surface area contributed by atoms with Gasteiger partial charge in [-0.3, -0.25) is 0 Å². The maximum Gasteiger partial charge on any atom is 0.0562 e.